The molecule has 0 saturated carbocycles. The molecule has 0 bridgehead atoms. The van der Waals surface area contributed by atoms with Crippen LogP contribution in [0.3, 0.4) is 0 Å². The van der Waals surface area contributed by atoms with Crippen LogP contribution in [0.25, 0.3) is 0 Å². The van der Waals surface area contributed by atoms with Crippen molar-refractivity contribution in [1.82, 2.24) is 0 Å². The molecule has 0 radical (unpaired) electrons. The quantitative estimate of drug-likeness (QED) is 0.731. The molecule has 1 fully saturated rings. The molecule has 0 unspecified atom stereocenters. The number of rotatable bonds is 8. The Labute approximate surface area is 167 Å². The Balaban J connectivity index is 1.78. The van der Waals surface area contributed by atoms with Gasteiger partial charge in [-0.3, -0.25) is 0 Å². The number of hydrogen-bond acceptors (Lipinski definition) is 4. The van der Waals surface area contributed by atoms with E-state index in [9.17, 15) is 5.11 Å². The summed E-state index contributed by atoms with van der Waals surface area (Å²) in [7, 11) is 0. The number of aliphatic hydroxyl groups excluding tert-OH is 1. The van der Waals surface area contributed by atoms with Crippen LogP contribution in [0.2, 0.25) is 0 Å². The highest BCUT2D eigenvalue weighted by atomic mass is 16.6. The van der Waals surface area contributed by atoms with Crippen molar-refractivity contribution in [2.75, 3.05) is 6.61 Å². The molecule has 28 heavy (non-hydrogen) atoms. The summed E-state index contributed by atoms with van der Waals surface area (Å²) in [6, 6.07) is 20.2. The minimum absolute atomic E-state index is 0.0372. The van der Waals surface area contributed by atoms with E-state index in [0.717, 1.165) is 17.5 Å². The van der Waals surface area contributed by atoms with E-state index in [1.807, 2.05) is 48.5 Å². The van der Waals surface area contributed by atoms with Gasteiger partial charge in [0.05, 0.1) is 25.9 Å². The Morgan fingerprint density at radius 1 is 0.929 bits per heavy atom. The fraction of sp³-hybridized carbons (Fsp3) is 0.417. The molecule has 0 aliphatic carbocycles. The van der Waals surface area contributed by atoms with Gasteiger partial charge in [-0.25, -0.2) is 0 Å². The fourth-order valence-electron chi connectivity index (χ4n) is 3.65. The summed E-state index contributed by atoms with van der Waals surface area (Å²) in [5.41, 5.74) is 2.22. The molecule has 1 saturated heterocycles. The lowest BCUT2D eigenvalue weighted by molar-refractivity contribution is -0.167. The van der Waals surface area contributed by atoms with Crippen molar-refractivity contribution < 1.29 is 19.3 Å². The predicted molar refractivity (Wildman–Crippen MR) is 110 cm³/mol. The van der Waals surface area contributed by atoms with Gasteiger partial charge in [0.2, 0.25) is 0 Å². The van der Waals surface area contributed by atoms with Gasteiger partial charge in [0.1, 0.15) is 18.0 Å². The zero-order valence-corrected chi connectivity index (χ0v) is 16.7. The molecule has 2 aromatic rings. The van der Waals surface area contributed by atoms with Crippen LogP contribution in [0.15, 0.2) is 72.5 Å². The maximum absolute atomic E-state index is 9.49. The lowest BCUT2D eigenvalue weighted by atomic mass is 9.88. The van der Waals surface area contributed by atoms with Crippen molar-refractivity contribution in [2.24, 2.45) is 5.92 Å². The second-order valence-electron chi connectivity index (χ2n) is 7.19. The van der Waals surface area contributed by atoms with Crippen LogP contribution < -0.4 is 0 Å². The molecule has 2 aromatic carbocycles. The molecule has 0 aromatic heterocycles. The first-order valence-corrected chi connectivity index (χ1v) is 10.0. The summed E-state index contributed by atoms with van der Waals surface area (Å²) in [6.45, 7) is 5.16. The van der Waals surface area contributed by atoms with E-state index in [-0.39, 0.29) is 30.8 Å². The van der Waals surface area contributed by atoms with Gasteiger partial charge in [-0.1, -0.05) is 74.5 Å². The Morgan fingerprint density at radius 2 is 1.50 bits per heavy atom. The van der Waals surface area contributed by atoms with Gasteiger partial charge in [-0.05, 0) is 23.6 Å². The molecule has 4 nitrogen and oxygen atoms in total. The molecular weight excluding hydrogens is 352 g/mol. The second-order valence-corrected chi connectivity index (χ2v) is 7.19. The molecule has 4 heteroatoms. The molecular formula is C24H30O4. The third-order valence-corrected chi connectivity index (χ3v) is 5.22. The van der Waals surface area contributed by atoms with E-state index in [1.54, 1.807) is 6.08 Å². The highest BCUT2D eigenvalue weighted by molar-refractivity contribution is 5.16. The fourth-order valence-corrected chi connectivity index (χ4v) is 3.65. The smallest absolute Gasteiger partial charge is 0.141 e. The molecule has 1 heterocycles. The topological polar surface area (TPSA) is 47.9 Å². The third kappa shape index (κ3) is 5.22. The zero-order chi connectivity index (χ0) is 19.8. The SMILES string of the molecule is CC[C@H]1O/C(=C/CO)[C@@H](OCc2ccccc2)[C@@H](OCc2ccccc2)[C@@H]1C. The zero-order valence-electron chi connectivity index (χ0n) is 16.7. The molecule has 3 rings (SSSR count). The van der Waals surface area contributed by atoms with Crippen LogP contribution in [0.4, 0.5) is 0 Å². The largest absolute Gasteiger partial charge is 0.492 e. The molecule has 0 spiro atoms. The number of aliphatic hydroxyl groups is 1. The summed E-state index contributed by atoms with van der Waals surface area (Å²) in [5.74, 6) is 0.840. The van der Waals surface area contributed by atoms with Crippen molar-refractivity contribution in [2.45, 2.75) is 51.8 Å². The van der Waals surface area contributed by atoms with Crippen molar-refractivity contribution in [1.29, 1.82) is 0 Å². The normalized spacial score (nSPS) is 26.2. The van der Waals surface area contributed by atoms with Gasteiger partial charge in [0.25, 0.3) is 0 Å². The van der Waals surface area contributed by atoms with Gasteiger partial charge in [-0.2, -0.15) is 0 Å². The van der Waals surface area contributed by atoms with E-state index < -0.39 is 0 Å². The molecule has 1 aliphatic rings. The van der Waals surface area contributed by atoms with Crippen LogP contribution in [-0.4, -0.2) is 30.0 Å². The van der Waals surface area contributed by atoms with Crippen LogP contribution >= 0.6 is 0 Å². The van der Waals surface area contributed by atoms with Gasteiger partial charge < -0.3 is 19.3 Å². The average molecular weight is 383 g/mol. The first-order valence-electron chi connectivity index (χ1n) is 10.0. The van der Waals surface area contributed by atoms with Crippen molar-refractivity contribution in [3.8, 4) is 0 Å². The van der Waals surface area contributed by atoms with E-state index in [2.05, 4.69) is 26.0 Å². The van der Waals surface area contributed by atoms with Crippen molar-refractivity contribution >= 4 is 0 Å². The Bertz CT molecular complexity index is 729. The summed E-state index contributed by atoms with van der Waals surface area (Å²) >= 11 is 0. The average Bonchev–Trinajstić information content (AvgIpc) is 2.74. The van der Waals surface area contributed by atoms with Crippen LogP contribution in [0.1, 0.15) is 31.4 Å². The number of hydrogen-bond donors (Lipinski definition) is 1. The maximum atomic E-state index is 9.49. The highest BCUT2D eigenvalue weighted by Gasteiger charge is 2.42. The predicted octanol–water partition coefficient (Wildman–Crippen LogP) is 4.48. The van der Waals surface area contributed by atoms with Gasteiger partial charge >= 0.3 is 0 Å². The minimum Gasteiger partial charge on any atom is -0.492 e. The summed E-state index contributed by atoms with van der Waals surface area (Å²) < 4.78 is 18.8. The molecule has 150 valence electrons. The van der Waals surface area contributed by atoms with E-state index >= 15 is 0 Å². The van der Waals surface area contributed by atoms with Gasteiger partial charge in [0.15, 0.2) is 0 Å². The van der Waals surface area contributed by atoms with Gasteiger partial charge in [-0.15, -0.1) is 0 Å². The Kier molecular flexibility index (Phi) is 7.66. The third-order valence-electron chi connectivity index (χ3n) is 5.22. The summed E-state index contributed by atoms with van der Waals surface area (Å²) in [4.78, 5) is 0. The summed E-state index contributed by atoms with van der Waals surface area (Å²) in [5, 5.41) is 9.49. The van der Waals surface area contributed by atoms with Crippen LogP contribution in [0.5, 0.6) is 0 Å². The van der Waals surface area contributed by atoms with Crippen molar-refractivity contribution in [3.63, 3.8) is 0 Å². The first-order chi connectivity index (χ1) is 13.7. The van der Waals surface area contributed by atoms with E-state index in [4.69, 9.17) is 14.2 Å². The maximum Gasteiger partial charge on any atom is 0.141 e. The lowest BCUT2D eigenvalue weighted by Crippen LogP contribution is -2.49. The number of ether oxygens (including phenoxy) is 3. The molecule has 1 N–H and O–H groups in total. The first kappa shape index (κ1) is 20.6. The Hall–Kier alpha value is -2.14. The van der Waals surface area contributed by atoms with E-state index in [1.165, 1.54) is 0 Å². The minimum atomic E-state index is -0.353. The number of benzene rings is 2. The van der Waals surface area contributed by atoms with E-state index in [0.29, 0.717) is 19.0 Å². The second kappa shape index (κ2) is 10.4. The molecule has 4 atom stereocenters. The lowest BCUT2D eigenvalue weighted by Gasteiger charge is -2.42. The Morgan fingerprint density at radius 3 is 2.04 bits per heavy atom. The van der Waals surface area contributed by atoms with Crippen LogP contribution in [-0.2, 0) is 27.4 Å². The standard InChI is InChI=1S/C24H30O4/c1-3-21-18(2)23(26-16-19-10-6-4-7-11-19)24(22(28-21)14-15-25)27-17-20-12-8-5-9-13-20/h4-14,18,21,23-25H,3,15-17H2,1-2H3/b22-14+/t18-,21-,23+,24-/m1/s1. The van der Waals surface area contributed by atoms with Crippen molar-refractivity contribution in [3.05, 3.63) is 83.6 Å². The molecule has 0 amide bonds. The monoisotopic (exact) mass is 382 g/mol. The highest BCUT2D eigenvalue weighted by Crippen LogP contribution is 2.34. The van der Waals surface area contributed by atoms with Gasteiger partial charge in [0, 0.05) is 5.92 Å². The summed E-state index contributed by atoms with van der Waals surface area (Å²) in [6.07, 6.45) is 2.10. The molecule has 1 aliphatic heterocycles. The van der Waals surface area contributed by atoms with Crippen LogP contribution in [0, 0.1) is 5.92 Å².